The van der Waals surface area contributed by atoms with Gasteiger partial charge in [0.2, 0.25) is 0 Å². The summed E-state index contributed by atoms with van der Waals surface area (Å²) in [6.07, 6.45) is 3.98. The SMILES string of the molecule is CN1CCN(/N=C\c2cn(Cc3ccccc3Cl)nc2-c2ccccc2)CC1. The molecular weight excluding hydrogens is 370 g/mol. The Morgan fingerprint density at radius 2 is 1.71 bits per heavy atom. The molecular formula is C22H24ClN5. The lowest BCUT2D eigenvalue weighted by atomic mass is 10.1. The van der Waals surface area contributed by atoms with Gasteiger partial charge < -0.3 is 4.90 Å². The zero-order valence-electron chi connectivity index (χ0n) is 16.0. The van der Waals surface area contributed by atoms with E-state index in [1.807, 2.05) is 59.6 Å². The van der Waals surface area contributed by atoms with Gasteiger partial charge in [0.15, 0.2) is 0 Å². The molecule has 0 unspecified atom stereocenters. The summed E-state index contributed by atoms with van der Waals surface area (Å²) in [5.74, 6) is 0. The van der Waals surface area contributed by atoms with E-state index in [1.165, 1.54) is 0 Å². The molecule has 1 saturated heterocycles. The molecule has 2 heterocycles. The van der Waals surface area contributed by atoms with Gasteiger partial charge in [-0.25, -0.2) is 0 Å². The molecule has 0 aliphatic carbocycles. The van der Waals surface area contributed by atoms with E-state index in [9.17, 15) is 0 Å². The second kappa shape index (κ2) is 8.59. The molecule has 0 spiro atoms. The van der Waals surface area contributed by atoms with E-state index < -0.39 is 0 Å². The van der Waals surface area contributed by atoms with Crippen LogP contribution in [-0.2, 0) is 6.54 Å². The number of hydrazone groups is 1. The molecule has 0 N–H and O–H groups in total. The fourth-order valence-corrected chi connectivity index (χ4v) is 3.48. The number of nitrogens with zero attached hydrogens (tertiary/aromatic N) is 5. The van der Waals surface area contributed by atoms with Gasteiger partial charge in [-0.2, -0.15) is 10.2 Å². The first kappa shape index (κ1) is 18.7. The van der Waals surface area contributed by atoms with Gasteiger partial charge in [-0.3, -0.25) is 9.69 Å². The molecule has 1 aliphatic heterocycles. The third kappa shape index (κ3) is 4.43. The van der Waals surface area contributed by atoms with E-state index in [0.29, 0.717) is 6.54 Å². The molecule has 2 aromatic carbocycles. The van der Waals surface area contributed by atoms with Crippen LogP contribution in [0, 0.1) is 0 Å². The Balaban J connectivity index is 1.62. The molecule has 0 saturated carbocycles. The molecule has 0 bridgehead atoms. The predicted molar refractivity (Wildman–Crippen MR) is 115 cm³/mol. The lowest BCUT2D eigenvalue weighted by Gasteiger charge is -2.30. The van der Waals surface area contributed by atoms with Crippen LogP contribution in [-0.4, -0.2) is 59.1 Å². The van der Waals surface area contributed by atoms with Gasteiger partial charge in [-0.15, -0.1) is 0 Å². The smallest absolute Gasteiger partial charge is 0.101 e. The van der Waals surface area contributed by atoms with Crippen molar-refractivity contribution in [2.24, 2.45) is 5.10 Å². The minimum Gasteiger partial charge on any atom is -0.303 e. The number of aromatic nitrogens is 2. The van der Waals surface area contributed by atoms with Crippen LogP contribution in [0.2, 0.25) is 5.02 Å². The van der Waals surface area contributed by atoms with E-state index in [1.54, 1.807) is 0 Å². The van der Waals surface area contributed by atoms with E-state index >= 15 is 0 Å². The highest BCUT2D eigenvalue weighted by molar-refractivity contribution is 6.31. The molecule has 144 valence electrons. The van der Waals surface area contributed by atoms with E-state index in [-0.39, 0.29) is 0 Å². The lowest BCUT2D eigenvalue weighted by molar-refractivity contribution is 0.159. The number of rotatable bonds is 5. The number of hydrogen-bond acceptors (Lipinski definition) is 4. The molecule has 4 rings (SSSR count). The van der Waals surface area contributed by atoms with Crippen molar-refractivity contribution < 1.29 is 0 Å². The van der Waals surface area contributed by atoms with Crippen molar-refractivity contribution in [3.8, 4) is 11.3 Å². The molecule has 0 radical (unpaired) electrons. The fraction of sp³-hybridized carbons (Fsp3) is 0.273. The minimum atomic E-state index is 0.627. The number of likely N-dealkylation sites (N-methyl/N-ethyl adjacent to an activating group) is 1. The summed E-state index contributed by atoms with van der Waals surface area (Å²) in [5, 5.41) is 12.4. The Hall–Kier alpha value is -2.63. The highest BCUT2D eigenvalue weighted by Crippen LogP contribution is 2.22. The van der Waals surface area contributed by atoms with Crippen LogP contribution in [0.15, 0.2) is 65.9 Å². The van der Waals surface area contributed by atoms with Crippen LogP contribution in [0.1, 0.15) is 11.1 Å². The average Bonchev–Trinajstić information content (AvgIpc) is 3.13. The third-order valence-electron chi connectivity index (χ3n) is 4.97. The van der Waals surface area contributed by atoms with Gasteiger partial charge in [0.25, 0.3) is 0 Å². The largest absolute Gasteiger partial charge is 0.303 e. The van der Waals surface area contributed by atoms with Crippen LogP contribution >= 0.6 is 11.6 Å². The number of piperazine rings is 1. The first-order valence-electron chi connectivity index (χ1n) is 9.53. The summed E-state index contributed by atoms with van der Waals surface area (Å²) in [4.78, 5) is 2.32. The van der Waals surface area contributed by atoms with Crippen molar-refractivity contribution in [3.63, 3.8) is 0 Å². The molecule has 1 aromatic heterocycles. The maximum absolute atomic E-state index is 6.33. The number of halogens is 1. The molecule has 0 amide bonds. The first-order chi connectivity index (χ1) is 13.7. The van der Waals surface area contributed by atoms with Gasteiger partial charge in [-0.05, 0) is 18.7 Å². The Morgan fingerprint density at radius 1 is 1.00 bits per heavy atom. The second-order valence-electron chi connectivity index (χ2n) is 7.09. The molecule has 6 heteroatoms. The summed E-state index contributed by atoms with van der Waals surface area (Å²) in [5.41, 5.74) is 4.08. The molecule has 3 aromatic rings. The summed E-state index contributed by atoms with van der Waals surface area (Å²) >= 11 is 6.33. The summed E-state index contributed by atoms with van der Waals surface area (Å²) in [7, 11) is 2.15. The normalized spacial score (nSPS) is 15.4. The van der Waals surface area contributed by atoms with E-state index in [4.69, 9.17) is 21.8 Å². The van der Waals surface area contributed by atoms with Crippen molar-refractivity contribution in [3.05, 3.63) is 76.9 Å². The number of hydrogen-bond donors (Lipinski definition) is 0. The van der Waals surface area contributed by atoms with Crippen molar-refractivity contribution >= 4 is 17.8 Å². The zero-order chi connectivity index (χ0) is 19.3. The van der Waals surface area contributed by atoms with Crippen molar-refractivity contribution in [2.75, 3.05) is 33.2 Å². The monoisotopic (exact) mass is 393 g/mol. The Kier molecular flexibility index (Phi) is 5.74. The summed E-state index contributed by atoms with van der Waals surface area (Å²) in [6, 6.07) is 18.1. The Labute approximate surface area is 170 Å². The number of benzene rings is 2. The van der Waals surface area contributed by atoms with Crippen molar-refractivity contribution in [1.29, 1.82) is 0 Å². The van der Waals surface area contributed by atoms with E-state index in [0.717, 1.165) is 53.6 Å². The van der Waals surface area contributed by atoms with Crippen LogP contribution in [0.25, 0.3) is 11.3 Å². The van der Waals surface area contributed by atoms with Crippen LogP contribution in [0.5, 0.6) is 0 Å². The van der Waals surface area contributed by atoms with Gasteiger partial charge in [0.05, 0.1) is 12.8 Å². The Morgan fingerprint density at radius 3 is 2.46 bits per heavy atom. The third-order valence-corrected chi connectivity index (χ3v) is 5.34. The summed E-state index contributed by atoms with van der Waals surface area (Å²) in [6.45, 7) is 4.59. The van der Waals surface area contributed by atoms with Crippen LogP contribution in [0.3, 0.4) is 0 Å². The van der Waals surface area contributed by atoms with Gasteiger partial charge >= 0.3 is 0 Å². The van der Waals surface area contributed by atoms with E-state index in [2.05, 4.69) is 29.1 Å². The minimum absolute atomic E-state index is 0.627. The van der Waals surface area contributed by atoms with Gasteiger partial charge in [0, 0.05) is 48.5 Å². The first-order valence-corrected chi connectivity index (χ1v) is 9.90. The molecule has 5 nitrogen and oxygen atoms in total. The van der Waals surface area contributed by atoms with Crippen molar-refractivity contribution in [2.45, 2.75) is 6.54 Å². The van der Waals surface area contributed by atoms with Gasteiger partial charge in [-0.1, -0.05) is 60.1 Å². The maximum atomic E-state index is 6.33. The van der Waals surface area contributed by atoms with Crippen LogP contribution < -0.4 is 0 Å². The highest BCUT2D eigenvalue weighted by Gasteiger charge is 2.14. The quantitative estimate of drug-likeness (QED) is 0.618. The molecule has 1 aliphatic rings. The maximum Gasteiger partial charge on any atom is 0.101 e. The molecule has 0 atom stereocenters. The lowest BCUT2D eigenvalue weighted by Crippen LogP contribution is -2.41. The second-order valence-corrected chi connectivity index (χ2v) is 7.50. The zero-order valence-corrected chi connectivity index (χ0v) is 16.8. The van der Waals surface area contributed by atoms with Gasteiger partial charge in [0.1, 0.15) is 5.69 Å². The standard InChI is InChI=1S/C22H24ClN5/c1-26-11-13-27(14-12-26)24-15-20-17-28(16-19-9-5-6-10-21(19)23)25-22(20)18-7-3-2-4-8-18/h2-10,15,17H,11-14,16H2,1H3/b24-15-. The fourth-order valence-electron chi connectivity index (χ4n) is 3.29. The predicted octanol–water partition coefficient (Wildman–Crippen LogP) is 3.83. The topological polar surface area (TPSA) is 36.7 Å². The average molecular weight is 394 g/mol. The summed E-state index contributed by atoms with van der Waals surface area (Å²) < 4.78 is 1.94. The highest BCUT2D eigenvalue weighted by atomic mass is 35.5. The molecule has 28 heavy (non-hydrogen) atoms. The molecule has 1 fully saturated rings. The Bertz CT molecular complexity index is 943. The van der Waals surface area contributed by atoms with Crippen LogP contribution in [0.4, 0.5) is 0 Å². The van der Waals surface area contributed by atoms with Crippen molar-refractivity contribution in [1.82, 2.24) is 19.7 Å².